The number of thiazole rings is 1. The first kappa shape index (κ1) is 18.0. The summed E-state index contributed by atoms with van der Waals surface area (Å²) in [6.07, 6.45) is -2.37. The van der Waals surface area contributed by atoms with Gasteiger partial charge in [0.05, 0.1) is 11.3 Å². The minimum absolute atomic E-state index is 0.0110. The van der Waals surface area contributed by atoms with E-state index in [1.54, 1.807) is 5.38 Å². The molecule has 0 fully saturated rings. The summed E-state index contributed by atoms with van der Waals surface area (Å²) in [4.78, 5) is 19.4. The summed E-state index contributed by atoms with van der Waals surface area (Å²) in [5.74, 6) is -0.790. The molecule has 0 aliphatic heterocycles. The molecule has 9 heteroatoms. The van der Waals surface area contributed by atoms with Crippen LogP contribution in [-0.4, -0.2) is 15.9 Å². The number of primary amides is 1. The van der Waals surface area contributed by atoms with Gasteiger partial charge in [-0.05, 0) is 17.7 Å². The van der Waals surface area contributed by atoms with Gasteiger partial charge in [0, 0.05) is 34.5 Å². The van der Waals surface area contributed by atoms with Crippen molar-refractivity contribution in [2.45, 2.75) is 12.9 Å². The van der Waals surface area contributed by atoms with Crippen molar-refractivity contribution >= 4 is 17.2 Å². The van der Waals surface area contributed by atoms with Crippen LogP contribution >= 0.6 is 11.3 Å². The lowest BCUT2D eigenvalue weighted by molar-refractivity contribution is -0.137. The Kier molecular flexibility index (Phi) is 4.73. The number of hydrogen-bond acceptors (Lipinski definition) is 4. The monoisotopic (exact) mass is 381 g/mol. The van der Waals surface area contributed by atoms with Gasteiger partial charge in [-0.2, -0.15) is 13.2 Å². The first-order chi connectivity index (χ1) is 12.3. The molecule has 26 heavy (non-hydrogen) atoms. The summed E-state index contributed by atoms with van der Waals surface area (Å²) in [5, 5.41) is 1.69. The molecule has 1 aromatic carbocycles. The lowest BCUT2D eigenvalue weighted by Gasteiger charge is -2.10. The van der Waals surface area contributed by atoms with Crippen LogP contribution in [0.1, 0.15) is 21.5 Å². The molecule has 3 rings (SSSR count). The van der Waals surface area contributed by atoms with Gasteiger partial charge in [0.1, 0.15) is 11.7 Å². The van der Waals surface area contributed by atoms with Crippen LogP contribution in [0.4, 0.5) is 17.6 Å². The first-order valence-electron chi connectivity index (χ1n) is 7.27. The zero-order valence-electron chi connectivity index (χ0n) is 13.0. The van der Waals surface area contributed by atoms with Crippen LogP contribution < -0.4 is 5.73 Å². The van der Waals surface area contributed by atoms with Gasteiger partial charge < -0.3 is 5.73 Å². The number of nitrogens with zero attached hydrogens (tertiary/aromatic N) is 2. The minimum atomic E-state index is -4.54. The van der Waals surface area contributed by atoms with Gasteiger partial charge in [-0.15, -0.1) is 11.3 Å². The molecule has 0 aliphatic rings. The Hall–Kier alpha value is -2.81. The Morgan fingerprint density at radius 1 is 1.23 bits per heavy atom. The SMILES string of the molecule is NC(=O)c1cc(-c2csc(-c3cnccc3C(F)(F)F)n2)ccc1CF. The van der Waals surface area contributed by atoms with E-state index in [2.05, 4.69) is 9.97 Å². The number of amides is 1. The Morgan fingerprint density at radius 2 is 2.00 bits per heavy atom. The molecule has 0 unspecified atom stereocenters. The van der Waals surface area contributed by atoms with Crippen molar-refractivity contribution in [3.63, 3.8) is 0 Å². The molecule has 134 valence electrons. The second-order valence-electron chi connectivity index (χ2n) is 5.33. The van der Waals surface area contributed by atoms with E-state index in [0.717, 1.165) is 29.8 Å². The average Bonchev–Trinajstić information content (AvgIpc) is 3.10. The highest BCUT2D eigenvalue weighted by Gasteiger charge is 2.34. The molecule has 0 radical (unpaired) electrons. The molecule has 0 aliphatic carbocycles. The Bertz CT molecular complexity index is 969. The highest BCUT2D eigenvalue weighted by molar-refractivity contribution is 7.13. The molecule has 4 nitrogen and oxygen atoms in total. The molecule has 0 saturated carbocycles. The summed E-state index contributed by atoms with van der Waals surface area (Å²) < 4.78 is 52.4. The summed E-state index contributed by atoms with van der Waals surface area (Å²) in [6, 6.07) is 5.20. The van der Waals surface area contributed by atoms with E-state index in [0.29, 0.717) is 11.3 Å². The highest BCUT2D eigenvalue weighted by Crippen LogP contribution is 2.38. The molecule has 0 spiro atoms. The number of halogens is 4. The van der Waals surface area contributed by atoms with E-state index >= 15 is 0 Å². The molecular weight excluding hydrogens is 370 g/mol. The van der Waals surface area contributed by atoms with Crippen molar-refractivity contribution in [1.29, 1.82) is 0 Å². The molecule has 0 saturated heterocycles. The summed E-state index contributed by atoms with van der Waals surface area (Å²) in [5.41, 5.74) is 5.24. The van der Waals surface area contributed by atoms with E-state index < -0.39 is 24.3 Å². The van der Waals surface area contributed by atoms with E-state index in [1.807, 2.05) is 0 Å². The Balaban J connectivity index is 2.05. The van der Waals surface area contributed by atoms with E-state index in [4.69, 9.17) is 5.73 Å². The van der Waals surface area contributed by atoms with Crippen LogP contribution in [0.3, 0.4) is 0 Å². The van der Waals surface area contributed by atoms with Crippen molar-refractivity contribution in [2.75, 3.05) is 0 Å². The third kappa shape index (κ3) is 3.43. The first-order valence-corrected chi connectivity index (χ1v) is 8.15. The number of benzene rings is 1. The van der Waals surface area contributed by atoms with Gasteiger partial charge in [-0.1, -0.05) is 12.1 Å². The maximum Gasteiger partial charge on any atom is 0.417 e. The summed E-state index contributed by atoms with van der Waals surface area (Å²) >= 11 is 1.01. The number of carbonyl (C=O) groups excluding carboxylic acids is 1. The molecule has 0 bridgehead atoms. The molecular formula is C17H11F4N3OS. The number of carbonyl (C=O) groups is 1. The van der Waals surface area contributed by atoms with Crippen LogP contribution in [-0.2, 0) is 12.9 Å². The predicted molar refractivity (Wildman–Crippen MR) is 89.1 cm³/mol. The Labute approximate surface area is 149 Å². The van der Waals surface area contributed by atoms with Crippen LogP contribution in [0.5, 0.6) is 0 Å². The van der Waals surface area contributed by atoms with Crippen LogP contribution in [0.2, 0.25) is 0 Å². The van der Waals surface area contributed by atoms with Crippen molar-refractivity contribution in [2.24, 2.45) is 5.73 Å². The number of rotatable bonds is 4. The van der Waals surface area contributed by atoms with Gasteiger partial charge in [0.2, 0.25) is 5.91 Å². The maximum atomic E-state index is 13.2. The van der Waals surface area contributed by atoms with Crippen LogP contribution in [0, 0.1) is 0 Å². The quantitative estimate of drug-likeness (QED) is 0.679. The lowest BCUT2D eigenvalue weighted by Crippen LogP contribution is -2.13. The van der Waals surface area contributed by atoms with E-state index in [1.165, 1.54) is 18.2 Å². The number of aromatic nitrogens is 2. The molecule has 2 aromatic heterocycles. The number of alkyl halides is 4. The second kappa shape index (κ2) is 6.83. The fourth-order valence-corrected chi connectivity index (χ4v) is 3.28. The third-order valence-corrected chi connectivity index (χ3v) is 4.55. The lowest BCUT2D eigenvalue weighted by atomic mass is 10.0. The van der Waals surface area contributed by atoms with Gasteiger partial charge in [-0.3, -0.25) is 9.78 Å². The van der Waals surface area contributed by atoms with Crippen molar-refractivity contribution < 1.29 is 22.4 Å². The topological polar surface area (TPSA) is 68.9 Å². The van der Waals surface area contributed by atoms with E-state index in [9.17, 15) is 22.4 Å². The van der Waals surface area contributed by atoms with Gasteiger partial charge in [0.25, 0.3) is 0 Å². The van der Waals surface area contributed by atoms with Crippen molar-refractivity contribution in [3.8, 4) is 21.8 Å². The minimum Gasteiger partial charge on any atom is -0.366 e. The number of pyridine rings is 1. The van der Waals surface area contributed by atoms with Crippen molar-refractivity contribution in [3.05, 3.63) is 58.7 Å². The zero-order chi connectivity index (χ0) is 18.9. The fraction of sp³-hybridized carbons (Fsp3) is 0.118. The molecule has 1 amide bonds. The van der Waals surface area contributed by atoms with Crippen LogP contribution in [0.25, 0.3) is 21.8 Å². The van der Waals surface area contributed by atoms with Gasteiger partial charge in [0.15, 0.2) is 0 Å². The van der Waals surface area contributed by atoms with Crippen LogP contribution in [0.15, 0.2) is 42.0 Å². The average molecular weight is 381 g/mol. The second-order valence-corrected chi connectivity index (χ2v) is 6.18. The summed E-state index contributed by atoms with van der Waals surface area (Å²) in [6.45, 7) is -0.856. The highest BCUT2D eigenvalue weighted by atomic mass is 32.1. The molecule has 2 N–H and O–H groups in total. The molecule has 2 heterocycles. The third-order valence-electron chi connectivity index (χ3n) is 3.68. The normalized spacial score (nSPS) is 11.5. The predicted octanol–water partition coefficient (Wildman–Crippen LogP) is 4.46. The summed E-state index contributed by atoms with van der Waals surface area (Å²) in [7, 11) is 0. The number of hydrogen-bond donors (Lipinski definition) is 1. The maximum absolute atomic E-state index is 13.2. The van der Waals surface area contributed by atoms with E-state index in [-0.39, 0.29) is 21.7 Å². The smallest absolute Gasteiger partial charge is 0.366 e. The molecule has 0 atom stereocenters. The zero-order valence-corrected chi connectivity index (χ0v) is 13.9. The standard InChI is InChI=1S/C17H11F4N3OS/c18-6-10-2-1-9(5-11(10)15(22)25)14-8-26-16(24-14)12-7-23-4-3-13(12)17(19,20)21/h1-5,7-8H,6H2,(H2,22,25). The fourth-order valence-electron chi connectivity index (χ4n) is 2.42. The number of nitrogens with two attached hydrogens (primary N) is 1. The van der Waals surface area contributed by atoms with Gasteiger partial charge in [-0.25, -0.2) is 9.37 Å². The molecule has 3 aromatic rings. The van der Waals surface area contributed by atoms with Gasteiger partial charge >= 0.3 is 6.18 Å². The van der Waals surface area contributed by atoms with Crippen molar-refractivity contribution in [1.82, 2.24) is 9.97 Å². The Morgan fingerprint density at radius 3 is 2.65 bits per heavy atom. The largest absolute Gasteiger partial charge is 0.417 e.